The molecule has 2 aromatic carbocycles. The van der Waals surface area contributed by atoms with E-state index in [1.807, 2.05) is 23.1 Å². The van der Waals surface area contributed by atoms with E-state index >= 15 is 0 Å². The number of benzene rings is 2. The maximum absolute atomic E-state index is 12.9. The van der Waals surface area contributed by atoms with Crippen molar-refractivity contribution in [1.82, 2.24) is 4.90 Å². The topological polar surface area (TPSA) is 85.1 Å². The van der Waals surface area contributed by atoms with Crippen molar-refractivity contribution in [3.8, 4) is 11.5 Å². The molecular weight excluding hydrogens is 394 g/mol. The normalized spacial score (nSPS) is 13.9. The molecule has 0 radical (unpaired) electrons. The molecule has 0 atom stereocenters. The van der Waals surface area contributed by atoms with Crippen LogP contribution in [0.3, 0.4) is 0 Å². The van der Waals surface area contributed by atoms with E-state index in [-0.39, 0.29) is 12.5 Å². The standard InChI is InChI=1S/C21H24ClN3O4/c1-14-3-5-16(22)12-17(14)24-7-9-25(10-8-24)21(27)15-4-6-18(19(11-15)28-2)29-13-20(23)26/h3-6,11-12H,7-10,13H2,1-2H3,(H2,23,26). The Balaban J connectivity index is 1.67. The van der Waals surface area contributed by atoms with E-state index < -0.39 is 5.91 Å². The first-order valence-corrected chi connectivity index (χ1v) is 9.66. The Morgan fingerprint density at radius 2 is 1.79 bits per heavy atom. The molecule has 8 heteroatoms. The van der Waals surface area contributed by atoms with Crippen LogP contribution in [0.5, 0.6) is 11.5 Å². The van der Waals surface area contributed by atoms with Crippen LogP contribution in [0, 0.1) is 6.92 Å². The number of carbonyl (C=O) groups excluding carboxylic acids is 2. The molecule has 154 valence electrons. The maximum atomic E-state index is 12.9. The minimum Gasteiger partial charge on any atom is -0.493 e. The van der Waals surface area contributed by atoms with E-state index in [4.69, 9.17) is 26.8 Å². The van der Waals surface area contributed by atoms with Gasteiger partial charge in [-0.1, -0.05) is 17.7 Å². The van der Waals surface area contributed by atoms with Crippen molar-refractivity contribution in [3.63, 3.8) is 0 Å². The van der Waals surface area contributed by atoms with Crippen molar-refractivity contribution in [3.05, 3.63) is 52.5 Å². The van der Waals surface area contributed by atoms with Crippen molar-refractivity contribution in [2.75, 3.05) is 44.8 Å². The number of hydrogen-bond donors (Lipinski definition) is 1. The van der Waals surface area contributed by atoms with Gasteiger partial charge in [-0.3, -0.25) is 9.59 Å². The first-order valence-electron chi connectivity index (χ1n) is 9.28. The van der Waals surface area contributed by atoms with Crippen LogP contribution in [0.4, 0.5) is 5.69 Å². The second-order valence-corrected chi connectivity index (χ2v) is 7.27. The Labute approximate surface area is 174 Å². The number of carbonyl (C=O) groups is 2. The lowest BCUT2D eigenvalue weighted by Gasteiger charge is -2.37. The lowest BCUT2D eigenvalue weighted by molar-refractivity contribution is -0.119. The van der Waals surface area contributed by atoms with Crippen LogP contribution >= 0.6 is 11.6 Å². The summed E-state index contributed by atoms with van der Waals surface area (Å²) >= 11 is 6.14. The minimum absolute atomic E-state index is 0.0767. The number of hydrogen-bond acceptors (Lipinski definition) is 5. The average molecular weight is 418 g/mol. The van der Waals surface area contributed by atoms with Crippen molar-refractivity contribution in [1.29, 1.82) is 0 Å². The van der Waals surface area contributed by atoms with Gasteiger partial charge in [0.1, 0.15) is 0 Å². The van der Waals surface area contributed by atoms with Gasteiger partial charge in [-0.05, 0) is 42.8 Å². The summed E-state index contributed by atoms with van der Waals surface area (Å²) in [5.74, 6) is 0.0848. The highest BCUT2D eigenvalue weighted by molar-refractivity contribution is 6.30. The summed E-state index contributed by atoms with van der Waals surface area (Å²) in [6, 6.07) is 10.7. The van der Waals surface area contributed by atoms with E-state index in [0.29, 0.717) is 35.2 Å². The Hall–Kier alpha value is -2.93. The Kier molecular flexibility index (Phi) is 6.49. The van der Waals surface area contributed by atoms with E-state index in [1.54, 1.807) is 18.2 Å². The van der Waals surface area contributed by atoms with Gasteiger partial charge in [-0.15, -0.1) is 0 Å². The van der Waals surface area contributed by atoms with Gasteiger partial charge in [0.05, 0.1) is 7.11 Å². The molecule has 0 aromatic heterocycles. The number of ether oxygens (including phenoxy) is 2. The zero-order valence-corrected chi connectivity index (χ0v) is 17.2. The minimum atomic E-state index is -0.583. The van der Waals surface area contributed by atoms with Crippen LogP contribution < -0.4 is 20.1 Å². The molecule has 7 nitrogen and oxygen atoms in total. The number of amides is 2. The molecule has 1 fully saturated rings. The van der Waals surface area contributed by atoms with Gasteiger partial charge in [0.25, 0.3) is 11.8 Å². The van der Waals surface area contributed by atoms with E-state index in [0.717, 1.165) is 24.3 Å². The van der Waals surface area contributed by atoms with Gasteiger partial charge in [-0.2, -0.15) is 0 Å². The summed E-state index contributed by atoms with van der Waals surface area (Å²) in [6.07, 6.45) is 0. The van der Waals surface area contributed by atoms with Crippen LogP contribution in [0.2, 0.25) is 5.02 Å². The fraction of sp³-hybridized carbons (Fsp3) is 0.333. The number of anilines is 1. The van der Waals surface area contributed by atoms with E-state index in [9.17, 15) is 9.59 Å². The van der Waals surface area contributed by atoms with Gasteiger partial charge in [0, 0.05) is 42.5 Å². The van der Waals surface area contributed by atoms with Crippen molar-refractivity contribution in [2.45, 2.75) is 6.92 Å². The van der Waals surface area contributed by atoms with Gasteiger partial charge < -0.3 is 25.0 Å². The predicted octanol–water partition coefficient (Wildman–Crippen LogP) is 2.48. The summed E-state index contributed by atoms with van der Waals surface area (Å²) in [5, 5.41) is 0.704. The second-order valence-electron chi connectivity index (χ2n) is 6.83. The largest absolute Gasteiger partial charge is 0.493 e. The number of piperazine rings is 1. The smallest absolute Gasteiger partial charge is 0.255 e. The second kappa shape index (κ2) is 9.05. The molecule has 0 spiro atoms. The summed E-state index contributed by atoms with van der Waals surface area (Å²) in [4.78, 5) is 27.9. The molecule has 0 saturated carbocycles. The molecular formula is C21H24ClN3O4. The number of rotatable bonds is 6. The first-order chi connectivity index (χ1) is 13.9. The molecule has 0 aliphatic carbocycles. The van der Waals surface area contributed by atoms with E-state index in [1.165, 1.54) is 7.11 Å². The highest BCUT2D eigenvalue weighted by Gasteiger charge is 2.24. The average Bonchev–Trinajstić information content (AvgIpc) is 2.73. The zero-order chi connectivity index (χ0) is 21.0. The number of nitrogens with two attached hydrogens (primary N) is 1. The highest BCUT2D eigenvalue weighted by Crippen LogP contribution is 2.29. The van der Waals surface area contributed by atoms with E-state index in [2.05, 4.69) is 11.8 Å². The molecule has 1 aliphatic rings. The van der Waals surface area contributed by atoms with Gasteiger partial charge >= 0.3 is 0 Å². The van der Waals surface area contributed by atoms with Crippen molar-refractivity contribution >= 4 is 29.1 Å². The third kappa shape index (κ3) is 4.92. The lowest BCUT2D eigenvalue weighted by atomic mass is 10.1. The summed E-state index contributed by atoms with van der Waals surface area (Å²) in [6.45, 7) is 4.46. The molecule has 2 N–H and O–H groups in total. The lowest BCUT2D eigenvalue weighted by Crippen LogP contribution is -2.49. The number of halogens is 1. The van der Waals surface area contributed by atoms with Gasteiger partial charge in [0.2, 0.25) is 0 Å². The van der Waals surface area contributed by atoms with Crippen LogP contribution in [0.15, 0.2) is 36.4 Å². The molecule has 1 saturated heterocycles. The molecule has 2 amide bonds. The summed E-state index contributed by atoms with van der Waals surface area (Å²) < 4.78 is 10.6. The van der Waals surface area contributed by atoms with Crippen molar-refractivity contribution in [2.24, 2.45) is 5.73 Å². The third-order valence-corrected chi connectivity index (χ3v) is 5.09. The van der Waals surface area contributed by atoms with Crippen molar-refractivity contribution < 1.29 is 19.1 Å². The fourth-order valence-corrected chi connectivity index (χ4v) is 3.49. The highest BCUT2D eigenvalue weighted by atomic mass is 35.5. The quantitative estimate of drug-likeness (QED) is 0.780. The number of nitrogens with zero attached hydrogens (tertiary/aromatic N) is 2. The van der Waals surface area contributed by atoms with Crippen LogP contribution in [-0.4, -0.2) is 56.6 Å². The Morgan fingerprint density at radius 1 is 1.07 bits per heavy atom. The van der Waals surface area contributed by atoms with Crippen LogP contribution in [0.1, 0.15) is 15.9 Å². The fourth-order valence-electron chi connectivity index (χ4n) is 3.32. The monoisotopic (exact) mass is 417 g/mol. The predicted molar refractivity (Wildman–Crippen MR) is 112 cm³/mol. The molecule has 0 unspecified atom stereocenters. The van der Waals surface area contributed by atoms with Crippen LogP contribution in [-0.2, 0) is 4.79 Å². The molecule has 0 bridgehead atoms. The SMILES string of the molecule is COc1cc(C(=O)N2CCN(c3cc(Cl)ccc3C)CC2)ccc1OCC(N)=O. The first kappa shape index (κ1) is 20.8. The maximum Gasteiger partial charge on any atom is 0.255 e. The summed E-state index contributed by atoms with van der Waals surface area (Å²) in [7, 11) is 1.48. The molecule has 3 rings (SSSR count). The third-order valence-electron chi connectivity index (χ3n) is 4.86. The van der Waals surface area contributed by atoms with Crippen LogP contribution in [0.25, 0.3) is 0 Å². The molecule has 1 heterocycles. The Morgan fingerprint density at radius 3 is 2.45 bits per heavy atom. The number of aryl methyl sites for hydroxylation is 1. The molecule has 29 heavy (non-hydrogen) atoms. The molecule has 2 aromatic rings. The number of primary amides is 1. The zero-order valence-electron chi connectivity index (χ0n) is 16.5. The molecule has 1 aliphatic heterocycles. The van der Waals surface area contributed by atoms with Gasteiger partial charge in [0.15, 0.2) is 18.1 Å². The van der Waals surface area contributed by atoms with Gasteiger partial charge in [-0.25, -0.2) is 0 Å². The Bertz CT molecular complexity index is 911. The number of methoxy groups -OCH3 is 1. The summed E-state index contributed by atoms with van der Waals surface area (Å²) in [5.41, 5.74) is 7.86.